The number of hydrogen-bond donors (Lipinski definition) is 2. The van der Waals surface area contributed by atoms with Gasteiger partial charge in [0.25, 0.3) is 0 Å². The van der Waals surface area contributed by atoms with Gasteiger partial charge < -0.3 is 15.4 Å². The van der Waals surface area contributed by atoms with Gasteiger partial charge in [0.15, 0.2) is 0 Å². The van der Waals surface area contributed by atoms with E-state index in [2.05, 4.69) is 31.4 Å². The van der Waals surface area contributed by atoms with Crippen molar-refractivity contribution in [2.45, 2.75) is 65.1 Å². The maximum atomic E-state index is 12.0. The van der Waals surface area contributed by atoms with Gasteiger partial charge in [0, 0.05) is 18.7 Å². The smallest absolute Gasteiger partial charge is 0.237 e. The molecule has 0 aromatic carbocycles. The van der Waals surface area contributed by atoms with Crippen molar-refractivity contribution in [3.8, 4) is 0 Å². The molecule has 0 bridgehead atoms. The first-order valence-electron chi connectivity index (χ1n) is 7.22. The molecule has 1 aliphatic heterocycles. The fourth-order valence-corrected chi connectivity index (χ4v) is 2.34. The SMILES string of the molecule is CCC(CC)NC(=O)C(C)NC1CCOCC1C. The van der Waals surface area contributed by atoms with Crippen molar-refractivity contribution in [2.75, 3.05) is 13.2 Å². The third kappa shape index (κ3) is 4.58. The van der Waals surface area contributed by atoms with E-state index in [0.29, 0.717) is 18.0 Å². The van der Waals surface area contributed by atoms with Gasteiger partial charge in [0.1, 0.15) is 0 Å². The molecule has 4 nitrogen and oxygen atoms in total. The molecule has 0 spiro atoms. The molecule has 0 radical (unpaired) electrons. The summed E-state index contributed by atoms with van der Waals surface area (Å²) in [6.45, 7) is 9.91. The van der Waals surface area contributed by atoms with Crippen LogP contribution in [-0.2, 0) is 9.53 Å². The van der Waals surface area contributed by atoms with E-state index in [9.17, 15) is 4.79 Å². The first kappa shape index (κ1) is 15.4. The first-order valence-corrected chi connectivity index (χ1v) is 7.22. The average molecular weight is 256 g/mol. The highest BCUT2D eigenvalue weighted by Crippen LogP contribution is 2.14. The van der Waals surface area contributed by atoms with Crippen LogP contribution < -0.4 is 10.6 Å². The number of carbonyl (C=O) groups is 1. The Morgan fingerprint density at radius 3 is 2.61 bits per heavy atom. The highest BCUT2D eigenvalue weighted by molar-refractivity contribution is 5.81. The average Bonchev–Trinajstić information content (AvgIpc) is 2.38. The van der Waals surface area contributed by atoms with Crippen molar-refractivity contribution in [1.82, 2.24) is 10.6 Å². The van der Waals surface area contributed by atoms with Gasteiger partial charge in [0.05, 0.1) is 12.6 Å². The Balaban J connectivity index is 2.38. The Bertz CT molecular complexity index is 254. The van der Waals surface area contributed by atoms with E-state index in [1.54, 1.807) is 0 Å². The Morgan fingerprint density at radius 1 is 1.39 bits per heavy atom. The Kier molecular flexibility index (Phi) is 6.65. The lowest BCUT2D eigenvalue weighted by Crippen LogP contribution is -2.52. The van der Waals surface area contributed by atoms with Gasteiger partial charge in [-0.15, -0.1) is 0 Å². The van der Waals surface area contributed by atoms with Crippen LogP contribution in [0.5, 0.6) is 0 Å². The molecule has 1 saturated heterocycles. The molecule has 1 fully saturated rings. The van der Waals surface area contributed by atoms with Crippen LogP contribution in [0.25, 0.3) is 0 Å². The zero-order valence-corrected chi connectivity index (χ0v) is 12.2. The molecule has 3 atom stereocenters. The lowest BCUT2D eigenvalue weighted by atomic mass is 9.97. The van der Waals surface area contributed by atoms with Crippen LogP contribution in [0.2, 0.25) is 0 Å². The second kappa shape index (κ2) is 7.74. The molecule has 18 heavy (non-hydrogen) atoms. The summed E-state index contributed by atoms with van der Waals surface area (Å²) < 4.78 is 5.41. The topological polar surface area (TPSA) is 50.4 Å². The van der Waals surface area contributed by atoms with Gasteiger partial charge in [-0.1, -0.05) is 20.8 Å². The van der Waals surface area contributed by atoms with E-state index in [-0.39, 0.29) is 11.9 Å². The Hall–Kier alpha value is -0.610. The minimum Gasteiger partial charge on any atom is -0.381 e. The largest absolute Gasteiger partial charge is 0.381 e. The second-order valence-electron chi connectivity index (χ2n) is 5.36. The van der Waals surface area contributed by atoms with E-state index in [1.807, 2.05) is 6.92 Å². The highest BCUT2D eigenvalue weighted by Gasteiger charge is 2.25. The molecular formula is C14H28N2O2. The summed E-state index contributed by atoms with van der Waals surface area (Å²) in [6, 6.07) is 0.561. The van der Waals surface area contributed by atoms with Crippen molar-refractivity contribution in [2.24, 2.45) is 5.92 Å². The standard InChI is InChI=1S/C14H28N2O2/c1-5-12(6-2)16-14(17)11(4)15-13-7-8-18-9-10(13)3/h10-13,15H,5-9H2,1-4H3,(H,16,17). The van der Waals surface area contributed by atoms with Crippen LogP contribution in [0, 0.1) is 5.92 Å². The summed E-state index contributed by atoms with van der Waals surface area (Å²) in [7, 11) is 0. The van der Waals surface area contributed by atoms with Crippen molar-refractivity contribution in [3.05, 3.63) is 0 Å². The molecule has 0 aromatic heterocycles. The third-order valence-electron chi connectivity index (χ3n) is 3.83. The number of amides is 1. The van der Waals surface area contributed by atoms with E-state index in [0.717, 1.165) is 32.5 Å². The summed E-state index contributed by atoms with van der Waals surface area (Å²) in [5.41, 5.74) is 0. The van der Waals surface area contributed by atoms with E-state index < -0.39 is 0 Å². The summed E-state index contributed by atoms with van der Waals surface area (Å²) in [4.78, 5) is 12.0. The van der Waals surface area contributed by atoms with Gasteiger partial charge in [-0.25, -0.2) is 0 Å². The maximum Gasteiger partial charge on any atom is 0.237 e. The number of hydrogen-bond acceptors (Lipinski definition) is 3. The Morgan fingerprint density at radius 2 is 2.06 bits per heavy atom. The van der Waals surface area contributed by atoms with E-state index >= 15 is 0 Å². The normalized spacial score (nSPS) is 26.1. The van der Waals surface area contributed by atoms with Crippen molar-refractivity contribution < 1.29 is 9.53 Å². The van der Waals surface area contributed by atoms with Gasteiger partial charge in [-0.2, -0.15) is 0 Å². The van der Waals surface area contributed by atoms with Crippen LogP contribution in [-0.4, -0.2) is 37.2 Å². The van der Waals surface area contributed by atoms with Crippen LogP contribution in [0.4, 0.5) is 0 Å². The molecule has 0 aliphatic carbocycles. The molecular weight excluding hydrogens is 228 g/mol. The molecule has 1 aliphatic rings. The highest BCUT2D eigenvalue weighted by atomic mass is 16.5. The summed E-state index contributed by atoms with van der Waals surface area (Å²) in [6.07, 6.45) is 2.97. The van der Waals surface area contributed by atoms with Gasteiger partial charge >= 0.3 is 0 Å². The Labute approximate surface area is 111 Å². The minimum atomic E-state index is -0.129. The first-order chi connectivity index (χ1) is 8.58. The number of nitrogens with one attached hydrogen (secondary N) is 2. The van der Waals surface area contributed by atoms with Crippen molar-refractivity contribution >= 4 is 5.91 Å². The van der Waals surface area contributed by atoms with Crippen LogP contribution in [0.3, 0.4) is 0 Å². The zero-order chi connectivity index (χ0) is 13.5. The summed E-state index contributed by atoms with van der Waals surface area (Å²) in [5, 5.41) is 6.52. The van der Waals surface area contributed by atoms with E-state index in [4.69, 9.17) is 4.74 Å². The summed E-state index contributed by atoms with van der Waals surface area (Å²) in [5.74, 6) is 0.588. The molecule has 106 valence electrons. The van der Waals surface area contributed by atoms with Gasteiger partial charge in [0.2, 0.25) is 5.91 Å². The molecule has 0 saturated carbocycles. The van der Waals surface area contributed by atoms with Gasteiger partial charge in [-0.05, 0) is 32.1 Å². The van der Waals surface area contributed by atoms with Crippen LogP contribution in [0.1, 0.15) is 47.0 Å². The van der Waals surface area contributed by atoms with Crippen molar-refractivity contribution in [1.29, 1.82) is 0 Å². The number of carbonyl (C=O) groups excluding carboxylic acids is 1. The molecule has 1 heterocycles. The minimum absolute atomic E-state index is 0.113. The number of ether oxygens (including phenoxy) is 1. The molecule has 0 aromatic rings. The maximum absolute atomic E-state index is 12.0. The molecule has 1 amide bonds. The molecule has 1 rings (SSSR count). The molecule has 3 unspecified atom stereocenters. The molecule has 2 N–H and O–H groups in total. The quantitative estimate of drug-likeness (QED) is 0.760. The predicted octanol–water partition coefficient (Wildman–Crippen LogP) is 1.69. The zero-order valence-electron chi connectivity index (χ0n) is 12.2. The lowest BCUT2D eigenvalue weighted by molar-refractivity contribution is -0.124. The van der Waals surface area contributed by atoms with Crippen LogP contribution in [0.15, 0.2) is 0 Å². The lowest BCUT2D eigenvalue weighted by Gasteiger charge is -2.32. The van der Waals surface area contributed by atoms with Crippen LogP contribution >= 0.6 is 0 Å². The third-order valence-corrected chi connectivity index (χ3v) is 3.83. The molecule has 4 heteroatoms. The summed E-state index contributed by atoms with van der Waals surface area (Å²) >= 11 is 0. The fraction of sp³-hybridized carbons (Fsp3) is 0.929. The number of rotatable bonds is 6. The van der Waals surface area contributed by atoms with E-state index in [1.165, 1.54) is 0 Å². The second-order valence-corrected chi connectivity index (χ2v) is 5.36. The monoisotopic (exact) mass is 256 g/mol. The fourth-order valence-electron chi connectivity index (χ4n) is 2.34. The van der Waals surface area contributed by atoms with Gasteiger partial charge in [-0.3, -0.25) is 4.79 Å². The van der Waals surface area contributed by atoms with Crippen molar-refractivity contribution in [3.63, 3.8) is 0 Å². The predicted molar refractivity (Wildman–Crippen MR) is 73.5 cm³/mol.